The van der Waals surface area contributed by atoms with E-state index in [-0.39, 0.29) is 12.5 Å². The molecule has 2 rings (SSSR count). The Morgan fingerprint density at radius 3 is 2.94 bits per heavy atom. The molecular weight excluding hydrogens is 228 g/mol. The monoisotopic (exact) mass is 240 g/mol. The van der Waals surface area contributed by atoms with Crippen LogP contribution in [0.1, 0.15) is 24.8 Å². The summed E-state index contributed by atoms with van der Waals surface area (Å²) in [5.74, 6) is -1.92. The first kappa shape index (κ1) is 11.1. The molecule has 1 aliphatic rings. The predicted octanol–water partition coefficient (Wildman–Crippen LogP) is 1.87. The van der Waals surface area contributed by atoms with E-state index in [1.165, 1.54) is 11.3 Å². The van der Waals surface area contributed by atoms with Gasteiger partial charge in [-0.3, -0.25) is 9.59 Å². The van der Waals surface area contributed by atoms with E-state index < -0.39 is 17.4 Å². The highest BCUT2D eigenvalue weighted by Crippen LogP contribution is 2.60. The first-order valence-electron chi connectivity index (χ1n) is 5.05. The Kier molecular flexibility index (Phi) is 2.71. The van der Waals surface area contributed by atoms with Crippen LogP contribution in [0.15, 0.2) is 16.8 Å². The maximum Gasteiger partial charge on any atom is 0.324 e. The first-order valence-corrected chi connectivity index (χ1v) is 6.00. The highest BCUT2D eigenvalue weighted by molar-refractivity contribution is 7.08. The molecule has 86 valence electrons. The number of carbonyl (C=O) groups is 2. The van der Waals surface area contributed by atoms with Crippen LogP contribution in [0.25, 0.3) is 0 Å². The Labute approximate surface area is 96.9 Å². The number of carbonyl (C=O) groups excluding carboxylic acids is 1. The topological polar surface area (TPSA) is 63.6 Å². The average Bonchev–Trinajstić information content (AvgIpc) is 2.78. The fraction of sp³-hybridized carbons (Fsp3) is 0.455. The van der Waals surface area contributed by atoms with Gasteiger partial charge in [0.1, 0.15) is 0 Å². The Balaban J connectivity index is 2.22. The van der Waals surface area contributed by atoms with Gasteiger partial charge in [-0.05, 0) is 35.7 Å². The van der Waals surface area contributed by atoms with Gasteiger partial charge in [0, 0.05) is 5.92 Å². The fourth-order valence-electron chi connectivity index (χ4n) is 1.95. The lowest BCUT2D eigenvalue weighted by Crippen LogP contribution is -2.29. The van der Waals surface area contributed by atoms with Gasteiger partial charge in [0.15, 0.2) is 5.41 Å². The summed E-state index contributed by atoms with van der Waals surface area (Å²) in [6.07, 6.45) is 0.345. The smallest absolute Gasteiger partial charge is 0.324 e. The molecule has 0 spiro atoms. The normalized spacial score (nSPS) is 27.4. The van der Waals surface area contributed by atoms with Crippen molar-refractivity contribution in [1.29, 1.82) is 0 Å². The lowest BCUT2D eigenvalue weighted by Gasteiger charge is -2.10. The molecule has 0 saturated heterocycles. The Morgan fingerprint density at radius 1 is 1.69 bits per heavy atom. The molecule has 0 radical (unpaired) electrons. The van der Waals surface area contributed by atoms with Gasteiger partial charge in [0.2, 0.25) is 0 Å². The minimum atomic E-state index is -1.34. The van der Waals surface area contributed by atoms with Crippen molar-refractivity contribution in [2.24, 2.45) is 5.41 Å². The van der Waals surface area contributed by atoms with Crippen LogP contribution in [0, 0.1) is 5.41 Å². The highest BCUT2D eigenvalue weighted by Gasteiger charge is 2.68. The van der Waals surface area contributed by atoms with Crippen LogP contribution in [0.2, 0.25) is 0 Å². The number of rotatable bonds is 4. The van der Waals surface area contributed by atoms with Gasteiger partial charge in [-0.15, -0.1) is 0 Å². The third-order valence-electron chi connectivity index (χ3n) is 2.93. The predicted molar refractivity (Wildman–Crippen MR) is 58.4 cm³/mol. The van der Waals surface area contributed by atoms with E-state index in [2.05, 4.69) is 0 Å². The van der Waals surface area contributed by atoms with E-state index >= 15 is 0 Å². The molecule has 0 bridgehead atoms. The maximum atomic E-state index is 11.7. The molecule has 16 heavy (non-hydrogen) atoms. The summed E-state index contributed by atoms with van der Waals surface area (Å²) >= 11 is 1.50. The van der Waals surface area contributed by atoms with Gasteiger partial charge in [0.05, 0.1) is 6.61 Å². The molecule has 2 atom stereocenters. The van der Waals surface area contributed by atoms with Gasteiger partial charge in [-0.1, -0.05) is 0 Å². The standard InChI is InChI=1S/C11H12O4S/c1-2-15-10(14)11(9(12)13)5-8(11)7-3-4-16-6-7/h3-4,6,8H,2,5H2,1H3,(H,12,13). The number of thiophene rings is 1. The van der Waals surface area contributed by atoms with Crippen molar-refractivity contribution < 1.29 is 19.4 Å². The molecule has 1 N–H and O–H groups in total. The molecule has 1 aromatic rings. The lowest BCUT2D eigenvalue weighted by molar-refractivity contribution is -0.161. The Morgan fingerprint density at radius 2 is 2.44 bits per heavy atom. The molecular formula is C11H12O4S. The van der Waals surface area contributed by atoms with Crippen molar-refractivity contribution in [3.8, 4) is 0 Å². The number of aliphatic carboxylic acids is 1. The first-order chi connectivity index (χ1) is 7.63. The molecule has 1 heterocycles. The summed E-state index contributed by atoms with van der Waals surface area (Å²) in [5, 5.41) is 12.9. The summed E-state index contributed by atoms with van der Waals surface area (Å²) in [5.41, 5.74) is -0.419. The molecule has 4 nitrogen and oxygen atoms in total. The molecule has 1 fully saturated rings. The van der Waals surface area contributed by atoms with Crippen molar-refractivity contribution in [3.05, 3.63) is 22.4 Å². The number of hydrogen-bond donors (Lipinski definition) is 1. The Hall–Kier alpha value is -1.36. The van der Waals surface area contributed by atoms with Crippen LogP contribution >= 0.6 is 11.3 Å². The summed E-state index contributed by atoms with van der Waals surface area (Å²) in [7, 11) is 0. The van der Waals surface area contributed by atoms with Crippen LogP contribution in [-0.4, -0.2) is 23.7 Å². The summed E-state index contributed by atoms with van der Waals surface area (Å²) in [6, 6.07) is 1.86. The minimum absolute atomic E-state index is 0.213. The van der Waals surface area contributed by atoms with Crippen molar-refractivity contribution >= 4 is 23.3 Å². The van der Waals surface area contributed by atoms with Crippen LogP contribution in [0.5, 0.6) is 0 Å². The molecule has 1 aromatic heterocycles. The molecule has 5 heteroatoms. The second-order valence-electron chi connectivity index (χ2n) is 3.81. The zero-order valence-electron chi connectivity index (χ0n) is 8.80. The number of carboxylic acid groups (broad SMARTS) is 1. The fourth-order valence-corrected chi connectivity index (χ4v) is 2.66. The molecule has 0 aliphatic heterocycles. The number of carboxylic acids is 1. The maximum absolute atomic E-state index is 11.7. The molecule has 1 saturated carbocycles. The van der Waals surface area contributed by atoms with Crippen LogP contribution in [-0.2, 0) is 14.3 Å². The van der Waals surface area contributed by atoms with Crippen molar-refractivity contribution in [2.45, 2.75) is 19.3 Å². The van der Waals surface area contributed by atoms with Crippen molar-refractivity contribution in [3.63, 3.8) is 0 Å². The highest BCUT2D eigenvalue weighted by atomic mass is 32.1. The van der Waals surface area contributed by atoms with Gasteiger partial charge in [-0.25, -0.2) is 0 Å². The van der Waals surface area contributed by atoms with E-state index in [0.29, 0.717) is 6.42 Å². The zero-order chi connectivity index (χ0) is 11.8. The van der Waals surface area contributed by atoms with E-state index in [9.17, 15) is 14.7 Å². The molecule has 0 amide bonds. The van der Waals surface area contributed by atoms with E-state index in [4.69, 9.17) is 4.74 Å². The SMILES string of the molecule is CCOC(=O)C1(C(=O)O)CC1c1ccsc1. The summed E-state index contributed by atoms with van der Waals surface area (Å²) < 4.78 is 4.84. The number of hydrogen-bond acceptors (Lipinski definition) is 4. The van der Waals surface area contributed by atoms with Crippen molar-refractivity contribution in [1.82, 2.24) is 0 Å². The molecule has 1 aliphatic carbocycles. The second-order valence-corrected chi connectivity index (χ2v) is 4.59. The minimum Gasteiger partial charge on any atom is -0.480 e. The summed E-state index contributed by atoms with van der Waals surface area (Å²) in [4.78, 5) is 22.9. The van der Waals surface area contributed by atoms with E-state index in [1.54, 1.807) is 6.92 Å². The third-order valence-corrected chi connectivity index (χ3v) is 3.63. The quantitative estimate of drug-likeness (QED) is 0.644. The van der Waals surface area contributed by atoms with Crippen LogP contribution in [0.3, 0.4) is 0 Å². The van der Waals surface area contributed by atoms with Crippen LogP contribution < -0.4 is 0 Å². The average molecular weight is 240 g/mol. The van der Waals surface area contributed by atoms with E-state index in [0.717, 1.165) is 5.56 Å². The number of esters is 1. The van der Waals surface area contributed by atoms with Gasteiger partial charge in [-0.2, -0.15) is 11.3 Å². The second kappa shape index (κ2) is 3.90. The van der Waals surface area contributed by atoms with Gasteiger partial charge < -0.3 is 9.84 Å². The van der Waals surface area contributed by atoms with Crippen molar-refractivity contribution in [2.75, 3.05) is 6.61 Å². The third kappa shape index (κ3) is 1.51. The zero-order valence-corrected chi connectivity index (χ0v) is 9.62. The largest absolute Gasteiger partial charge is 0.480 e. The molecule has 2 unspecified atom stereocenters. The summed E-state index contributed by atoms with van der Waals surface area (Å²) in [6.45, 7) is 1.89. The van der Waals surface area contributed by atoms with Crippen LogP contribution in [0.4, 0.5) is 0 Å². The van der Waals surface area contributed by atoms with Gasteiger partial charge in [0.25, 0.3) is 0 Å². The molecule has 0 aromatic carbocycles. The Bertz CT molecular complexity index is 412. The van der Waals surface area contributed by atoms with E-state index in [1.807, 2.05) is 16.8 Å². The van der Waals surface area contributed by atoms with Gasteiger partial charge >= 0.3 is 11.9 Å². The lowest BCUT2D eigenvalue weighted by atomic mass is 10.0. The number of ether oxygens (including phenoxy) is 1.